The van der Waals surface area contributed by atoms with Gasteiger partial charge in [0, 0.05) is 13.2 Å². The maximum Gasteiger partial charge on any atom is 0.325 e. The molecule has 2 N–H and O–H groups in total. The van der Waals surface area contributed by atoms with Crippen LogP contribution in [0.2, 0.25) is 0 Å². The number of amides is 4. The summed E-state index contributed by atoms with van der Waals surface area (Å²) in [5, 5.41) is 5.42. The second-order valence-electron chi connectivity index (χ2n) is 7.24. The molecule has 0 radical (unpaired) electrons. The number of fused-ring (bicyclic) bond motifs is 1. The number of carbonyl (C=O) groups is 3. The summed E-state index contributed by atoms with van der Waals surface area (Å²) < 4.78 is 16.5. The van der Waals surface area contributed by atoms with Gasteiger partial charge in [-0.1, -0.05) is 6.07 Å². The molecule has 0 bridgehead atoms. The topological polar surface area (TPSA) is 106 Å². The molecule has 9 heteroatoms. The first-order valence-electron chi connectivity index (χ1n) is 9.40. The van der Waals surface area contributed by atoms with Crippen LogP contribution in [0.5, 0.6) is 11.5 Å². The van der Waals surface area contributed by atoms with Gasteiger partial charge in [0.15, 0.2) is 11.5 Å². The number of hydrogen-bond donors (Lipinski definition) is 2. The third-order valence-corrected chi connectivity index (χ3v) is 5.25. The molecular formula is C19H23N3O6. The van der Waals surface area contributed by atoms with Gasteiger partial charge in [0.2, 0.25) is 5.91 Å². The van der Waals surface area contributed by atoms with Crippen molar-refractivity contribution in [3.8, 4) is 11.5 Å². The van der Waals surface area contributed by atoms with Crippen molar-refractivity contribution < 1.29 is 28.6 Å². The Hall–Kier alpha value is -2.81. The van der Waals surface area contributed by atoms with Crippen LogP contribution >= 0.6 is 0 Å². The summed E-state index contributed by atoms with van der Waals surface area (Å²) in [6.07, 6.45) is 1.86. The fraction of sp³-hybridized carbons (Fsp3) is 0.526. The van der Waals surface area contributed by atoms with Gasteiger partial charge in [0.05, 0.1) is 6.10 Å². The van der Waals surface area contributed by atoms with E-state index in [-0.39, 0.29) is 12.6 Å². The second-order valence-corrected chi connectivity index (χ2v) is 7.24. The number of carbonyl (C=O) groups excluding carboxylic acids is 3. The van der Waals surface area contributed by atoms with E-state index in [0.29, 0.717) is 43.4 Å². The van der Waals surface area contributed by atoms with E-state index >= 15 is 0 Å². The number of ether oxygens (including phenoxy) is 3. The summed E-state index contributed by atoms with van der Waals surface area (Å²) in [5.74, 6) is 0.243. The monoisotopic (exact) mass is 389 g/mol. The molecule has 4 amide bonds. The van der Waals surface area contributed by atoms with E-state index in [2.05, 4.69) is 10.6 Å². The molecule has 1 aromatic rings. The number of benzene rings is 1. The molecule has 2 saturated heterocycles. The Bertz CT molecular complexity index is 807. The predicted molar refractivity (Wildman–Crippen MR) is 97.0 cm³/mol. The van der Waals surface area contributed by atoms with Crippen molar-refractivity contribution in [1.29, 1.82) is 0 Å². The van der Waals surface area contributed by atoms with E-state index in [0.717, 1.165) is 17.7 Å². The highest BCUT2D eigenvalue weighted by Gasteiger charge is 2.49. The third kappa shape index (κ3) is 3.37. The first-order chi connectivity index (χ1) is 13.5. The van der Waals surface area contributed by atoms with Crippen molar-refractivity contribution in [2.24, 2.45) is 0 Å². The molecular weight excluding hydrogens is 366 g/mol. The van der Waals surface area contributed by atoms with Crippen LogP contribution in [0, 0.1) is 0 Å². The lowest BCUT2D eigenvalue weighted by molar-refractivity contribution is -0.134. The van der Waals surface area contributed by atoms with Gasteiger partial charge in [0.1, 0.15) is 25.3 Å². The molecule has 3 aliphatic heterocycles. The van der Waals surface area contributed by atoms with Crippen LogP contribution < -0.4 is 20.1 Å². The smallest absolute Gasteiger partial charge is 0.325 e. The summed E-state index contributed by atoms with van der Waals surface area (Å²) in [4.78, 5) is 38.5. The molecule has 0 aliphatic carbocycles. The van der Waals surface area contributed by atoms with E-state index in [9.17, 15) is 14.4 Å². The Morgan fingerprint density at radius 1 is 1.25 bits per heavy atom. The molecule has 2 atom stereocenters. The highest BCUT2D eigenvalue weighted by Crippen LogP contribution is 2.36. The summed E-state index contributed by atoms with van der Waals surface area (Å²) in [6, 6.07) is 4.51. The highest BCUT2D eigenvalue weighted by atomic mass is 16.6. The lowest BCUT2D eigenvalue weighted by Crippen LogP contribution is -2.44. The van der Waals surface area contributed by atoms with E-state index in [4.69, 9.17) is 14.2 Å². The van der Waals surface area contributed by atoms with Crippen molar-refractivity contribution in [2.75, 3.05) is 32.9 Å². The number of imide groups is 1. The van der Waals surface area contributed by atoms with E-state index in [1.807, 2.05) is 0 Å². The van der Waals surface area contributed by atoms with Crippen molar-refractivity contribution >= 4 is 17.8 Å². The largest absolute Gasteiger partial charge is 0.486 e. The maximum absolute atomic E-state index is 13.0. The van der Waals surface area contributed by atoms with E-state index in [1.165, 1.54) is 0 Å². The number of urea groups is 1. The molecule has 0 unspecified atom stereocenters. The number of hydrogen-bond acceptors (Lipinski definition) is 6. The Labute approximate surface area is 162 Å². The summed E-state index contributed by atoms with van der Waals surface area (Å²) >= 11 is 0. The van der Waals surface area contributed by atoms with Crippen LogP contribution in [0.1, 0.15) is 25.3 Å². The lowest BCUT2D eigenvalue weighted by Gasteiger charge is -2.25. The first-order valence-corrected chi connectivity index (χ1v) is 9.40. The van der Waals surface area contributed by atoms with Crippen LogP contribution in [-0.4, -0.2) is 61.8 Å². The molecule has 0 spiro atoms. The van der Waals surface area contributed by atoms with Crippen LogP contribution in [0.3, 0.4) is 0 Å². The Morgan fingerprint density at radius 3 is 2.79 bits per heavy atom. The van der Waals surface area contributed by atoms with Gasteiger partial charge in [-0.15, -0.1) is 0 Å². The Kier molecular flexibility index (Phi) is 4.84. The van der Waals surface area contributed by atoms with Crippen molar-refractivity contribution in [3.63, 3.8) is 0 Å². The van der Waals surface area contributed by atoms with Gasteiger partial charge < -0.3 is 24.8 Å². The van der Waals surface area contributed by atoms with Crippen molar-refractivity contribution in [3.05, 3.63) is 23.8 Å². The average molecular weight is 389 g/mol. The molecule has 3 heterocycles. The van der Waals surface area contributed by atoms with E-state index in [1.54, 1.807) is 25.1 Å². The standard InChI is InChI=1S/C19H23N3O6/c1-19(12-4-5-14-15(9-12)28-8-7-27-14)17(24)22(18(25)21-19)11-16(23)20-10-13-3-2-6-26-13/h4-5,9,13H,2-3,6-8,10-11H2,1H3,(H,20,23)(H,21,25)/t13-,19-/m1/s1. The molecule has 1 aromatic carbocycles. The minimum atomic E-state index is -1.28. The molecule has 150 valence electrons. The number of nitrogens with zero attached hydrogens (tertiary/aromatic N) is 1. The number of nitrogens with one attached hydrogen (secondary N) is 2. The third-order valence-electron chi connectivity index (χ3n) is 5.25. The molecule has 0 aromatic heterocycles. The number of rotatable bonds is 5. The molecule has 9 nitrogen and oxygen atoms in total. The first kappa shape index (κ1) is 18.5. The van der Waals surface area contributed by atoms with Gasteiger partial charge in [-0.2, -0.15) is 0 Å². The molecule has 3 aliphatic rings. The summed E-state index contributed by atoms with van der Waals surface area (Å²) in [7, 11) is 0. The molecule has 4 rings (SSSR count). The summed E-state index contributed by atoms with van der Waals surface area (Å²) in [6.45, 7) is 3.24. The SMILES string of the molecule is C[C@]1(c2ccc3c(c2)OCCO3)NC(=O)N(CC(=O)NC[C@H]2CCCO2)C1=O. The minimum absolute atomic E-state index is 0.00460. The van der Waals surface area contributed by atoms with E-state index < -0.39 is 23.4 Å². The van der Waals surface area contributed by atoms with Crippen molar-refractivity contribution in [2.45, 2.75) is 31.4 Å². The van der Waals surface area contributed by atoms with Crippen LogP contribution in [0.4, 0.5) is 4.79 Å². The Balaban J connectivity index is 1.44. The average Bonchev–Trinajstić information content (AvgIpc) is 3.29. The van der Waals surface area contributed by atoms with Crippen LogP contribution in [0.15, 0.2) is 18.2 Å². The van der Waals surface area contributed by atoms with Gasteiger partial charge >= 0.3 is 6.03 Å². The van der Waals surface area contributed by atoms with Gasteiger partial charge in [0.25, 0.3) is 5.91 Å². The maximum atomic E-state index is 13.0. The zero-order valence-corrected chi connectivity index (χ0v) is 15.7. The normalized spacial score (nSPS) is 26.3. The van der Waals surface area contributed by atoms with Crippen LogP contribution in [0.25, 0.3) is 0 Å². The van der Waals surface area contributed by atoms with Gasteiger partial charge in [-0.05, 0) is 37.5 Å². The molecule has 28 heavy (non-hydrogen) atoms. The molecule has 0 saturated carbocycles. The van der Waals surface area contributed by atoms with Crippen LogP contribution in [-0.2, 0) is 19.9 Å². The predicted octanol–water partition coefficient (Wildman–Crippen LogP) is 0.520. The lowest BCUT2D eigenvalue weighted by atomic mass is 9.91. The fourth-order valence-electron chi connectivity index (χ4n) is 3.62. The highest BCUT2D eigenvalue weighted by molar-refractivity contribution is 6.09. The minimum Gasteiger partial charge on any atom is -0.486 e. The quantitative estimate of drug-likeness (QED) is 0.712. The van der Waals surface area contributed by atoms with Crippen molar-refractivity contribution in [1.82, 2.24) is 15.5 Å². The zero-order chi connectivity index (χ0) is 19.7. The van der Waals surface area contributed by atoms with Gasteiger partial charge in [-0.3, -0.25) is 14.5 Å². The fourth-order valence-corrected chi connectivity index (χ4v) is 3.62. The summed E-state index contributed by atoms with van der Waals surface area (Å²) in [5.41, 5.74) is -0.709. The second kappa shape index (κ2) is 7.31. The molecule has 2 fully saturated rings. The Morgan fingerprint density at radius 2 is 2.04 bits per heavy atom. The zero-order valence-electron chi connectivity index (χ0n) is 15.7. The van der Waals surface area contributed by atoms with Gasteiger partial charge in [-0.25, -0.2) is 4.79 Å².